The van der Waals surface area contributed by atoms with E-state index in [0.29, 0.717) is 28.2 Å². The Morgan fingerprint density at radius 3 is 2.74 bits per heavy atom. The fourth-order valence-corrected chi connectivity index (χ4v) is 3.74. The van der Waals surface area contributed by atoms with Crippen LogP contribution in [-0.4, -0.2) is 53.6 Å². The van der Waals surface area contributed by atoms with Gasteiger partial charge >= 0.3 is 0 Å². The molecule has 0 bridgehead atoms. The van der Waals surface area contributed by atoms with Gasteiger partial charge in [-0.25, -0.2) is 19.0 Å². The lowest BCUT2D eigenvalue weighted by atomic mass is 10.1. The zero-order valence-corrected chi connectivity index (χ0v) is 18.4. The highest BCUT2D eigenvalue weighted by molar-refractivity contribution is 5.81. The predicted molar refractivity (Wildman–Crippen MR) is 123 cm³/mol. The number of nitrogens with one attached hydrogen (secondary N) is 1. The summed E-state index contributed by atoms with van der Waals surface area (Å²) in [6, 6.07) is 13.2. The Kier molecular flexibility index (Phi) is 5.60. The van der Waals surface area contributed by atoms with Crippen LogP contribution in [0.15, 0.2) is 60.9 Å². The molecule has 3 aromatic heterocycles. The van der Waals surface area contributed by atoms with Crippen LogP contribution < -0.4 is 10.1 Å². The normalized spacial score (nSPS) is 12.1. The molecule has 0 aliphatic rings. The smallest absolute Gasteiger partial charge is 0.228 e. The minimum absolute atomic E-state index is 0.135. The monoisotopic (exact) mass is 460 g/mol. The van der Waals surface area contributed by atoms with Crippen LogP contribution >= 0.6 is 0 Å². The van der Waals surface area contributed by atoms with E-state index < -0.39 is 11.9 Å². The molecule has 0 saturated heterocycles. The second-order valence-corrected chi connectivity index (χ2v) is 7.56. The number of anilines is 2. The number of rotatable bonds is 7. The third-order valence-corrected chi connectivity index (χ3v) is 5.51. The Balaban J connectivity index is 1.46. The Bertz CT molecular complexity index is 1460. The quantitative estimate of drug-likeness (QED) is 0.381. The van der Waals surface area contributed by atoms with Crippen molar-refractivity contribution in [1.29, 1.82) is 0 Å². The second kappa shape index (κ2) is 8.87. The van der Waals surface area contributed by atoms with Crippen molar-refractivity contribution in [1.82, 2.24) is 34.7 Å². The average molecular weight is 460 g/mol. The van der Waals surface area contributed by atoms with Crippen molar-refractivity contribution in [2.45, 2.75) is 6.04 Å². The highest BCUT2D eigenvalue weighted by Crippen LogP contribution is 2.28. The first-order valence-electron chi connectivity index (χ1n) is 10.4. The number of aliphatic hydroxyl groups is 1. The molecule has 3 heterocycles. The van der Waals surface area contributed by atoms with Crippen LogP contribution in [0.3, 0.4) is 0 Å². The number of ether oxygens (including phenoxy) is 1. The topological polar surface area (TPSA) is 116 Å². The van der Waals surface area contributed by atoms with Crippen LogP contribution in [0.25, 0.3) is 22.3 Å². The summed E-state index contributed by atoms with van der Waals surface area (Å²) in [4.78, 5) is 8.86. The fraction of sp³-hybridized carbons (Fsp3) is 0.174. The third kappa shape index (κ3) is 3.92. The van der Waals surface area contributed by atoms with Crippen LogP contribution in [0, 0.1) is 5.82 Å². The Labute approximate surface area is 193 Å². The van der Waals surface area contributed by atoms with Gasteiger partial charge in [-0.05, 0) is 35.9 Å². The summed E-state index contributed by atoms with van der Waals surface area (Å²) in [5, 5.41) is 25.8. The van der Waals surface area contributed by atoms with Crippen molar-refractivity contribution < 1.29 is 14.2 Å². The van der Waals surface area contributed by atoms with Gasteiger partial charge in [0, 0.05) is 24.9 Å². The molecule has 10 nitrogen and oxygen atoms in total. The van der Waals surface area contributed by atoms with E-state index in [9.17, 15) is 9.50 Å². The van der Waals surface area contributed by atoms with Crippen molar-refractivity contribution in [3.63, 3.8) is 0 Å². The fourth-order valence-electron chi connectivity index (χ4n) is 3.74. The van der Waals surface area contributed by atoms with Gasteiger partial charge in [0.1, 0.15) is 17.4 Å². The SMILES string of the molecule is COc1ccc([C@@H](CO)n2nnc3cc(-c4ccnc(Nc5ccnn5C)n4)ccc32)cc1F. The van der Waals surface area contributed by atoms with Crippen molar-refractivity contribution in [2.75, 3.05) is 19.0 Å². The molecular weight excluding hydrogens is 439 g/mol. The van der Waals surface area contributed by atoms with Gasteiger partial charge in [0.25, 0.3) is 0 Å². The maximum absolute atomic E-state index is 14.2. The van der Waals surface area contributed by atoms with Gasteiger partial charge in [0.2, 0.25) is 5.95 Å². The van der Waals surface area contributed by atoms with Crippen LogP contribution in [0.5, 0.6) is 5.75 Å². The van der Waals surface area contributed by atoms with E-state index in [0.717, 1.165) is 11.4 Å². The molecule has 0 aliphatic heterocycles. The molecule has 1 atom stereocenters. The van der Waals surface area contributed by atoms with E-state index in [1.165, 1.54) is 19.2 Å². The minimum atomic E-state index is -0.606. The number of methoxy groups -OCH3 is 1. The number of aromatic nitrogens is 7. The molecular formula is C23H21FN8O2. The number of benzene rings is 2. The summed E-state index contributed by atoms with van der Waals surface area (Å²) < 4.78 is 22.5. The lowest BCUT2D eigenvalue weighted by Gasteiger charge is -2.16. The summed E-state index contributed by atoms with van der Waals surface area (Å²) in [5.41, 5.74) is 3.39. The standard InChI is InChI=1S/C23H21FN8O2/c1-31-22(8-10-26-31)28-23-25-9-7-17(27-23)14-3-5-19-18(12-14)29-30-32(19)20(13-33)15-4-6-21(34-2)16(24)11-15/h3-12,20,33H,13H2,1-2H3,(H,25,27,28)/t20-/m1/s1. The number of halogens is 1. The Morgan fingerprint density at radius 2 is 2.00 bits per heavy atom. The van der Waals surface area contributed by atoms with Gasteiger partial charge in [-0.15, -0.1) is 5.10 Å². The summed E-state index contributed by atoms with van der Waals surface area (Å²) in [6.45, 7) is -0.277. The van der Waals surface area contributed by atoms with Gasteiger partial charge in [-0.2, -0.15) is 5.10 Å². The molecule has 0 fully saturated rings. The zero-order valence-electron chi connectivity index (χ0n) is 18.4. The van der Waals surface area contributed by atoms with Crippen molar-refractivity contribution in [3.05, 3.63) is 72.3 Å². The van der Waals surface area contributed by atoms with Gasteiger partial charge in [0.15, 0.2) is 11.6 Å². The van der Waals surface area contributed by atoms with E-state index in [1.54, 1.807) is 33.9 Å². The second-order valence-electron chi connectivity index (χ2n) is 7.56. The summed E-state index contributed by atoms with van der Waals surface area (Å²) in [6.07, 6.45) is 3.35. The van der Waals surface area contributed by atoms with Gasteiger partial charge < -0.3 is 15.2 Å². The molecule has 11 heteroatoms. The van der Waals surface area contributed by atoms with Crippen LogP contribution in [0.2, 0.25) is 0 Å². The van der Waals surface area contributed by atoms with Gasteiger partial charge in [-0.1, -0.05) is 17.3 Å². The van der Waals surface area contributed by atoms with E-state index >= 15 is 0 Å². The molecule has 2 aromatic carbocycles. The molecule has 0 aliphatic carbocycles. The first kappa shape index (κ1) is 21.5. The summed E-state index contributed by atoms with van der Waals surface area (Å²) in [5.74, 6) is 0.826. The van der Waals surface area contributed by atoms with Crippen molar-refractivity contribution >= 4 is 22.8 Å². The highest BCUT2D eigenvalue weighted by atomic mass is 19.1. The largest absolute Gasteiger partial charge is 0.494 e. The number of hydrogen-bond acceptors (Lipinski definition) is 8. The molecule has 34 heavy (non-hydrogen) atoms. The molecule has 5 rings (SSSR count). The van der Waals surface area contributed by atoms with Crippen molar-refractivity contribution in [3.8, 4) is 17.0 Å². The number of aryl methyl sites for hydroxylation is 1. The molecule has 0 radical (unpaired) electrons. The molecule has 0 amide bonds. The number of nitrogens with zero attached hydrogens (tertiary/aromatic N) is 7. The number of fused-ring (bicyclic) bond motifs is 1. The minimum Gasteiger partial charge on any atom is -0.494 e. The van der Waals surface area contributed by atoms with Crippen LogP contribution in [-0.2, 0) is 7.05 Å². The van der Waals surface area contributed by atoms with E-state index in [1.807, 2.05) is 31.3 Å². The lowest BCUT2D eigenvalue weighted by molar-refractivity contribution is 0.241. The van der Waals surface area contributed by atoms with E-state index in [4.69, 9.17) is 4.74 Å². The number of aliphatic hydroxyl groups excluding tert-OH is 1. The zero-order chi connectivity index (χ0) is 23.7. The Hall–Kier alpha value is -4.38. The van der Waals surface area contributed by atoms with E-state index in [-0.39, 0.29) is 12.4 Å². The first-order valence-corrected chi connectivity index (χ1v) is 10.4. The molecule has 172 valence electrons. The lowest BCUT2D eigenvalue weighted by Crippen LogP contribution is -2.16. The first-order chi connectivity index (χ1) is 16.6. The molecule has 5 aromatic rings. The average Bonchev–Trinajstić information content (AvgIpc) is 3.46. The van der Waals surface area contributed by atoms with Crippen LogP contribution in [0.1, 0.15) is 11.6 Å². The Morgan fingerprint density at radius 1 is 1.12 bits per heavy atom. The van der Waals surface area contributed by atoms with Gasteiger partial charge in [-0.3, -0.25) is 4.68 Å². The predicted octanol–water partition coefficient (Wildman–Crippen LogP) is 3.09. The summed E-state index contributed by atoms with van der Waals surface area (Å²) >= 11 is 0. The molecule has 0 saturated carbocycles. The van der Waals surface area contributed by atoms with Gasteiger partial charge in [0.05, 0.1) is 31.1 Å². The number of hydrogen-bond donors (Lipinski definition) is 2. The molecule has 0 spiro atoms. The summed E-state index contributed by atoms with van der Waals surface area (Å²) in [7, 11) is 3.23. The maximum Gasteiger partial charge on any atom is 0.228 e. The van der Waals surface area contributed by atoms with Crippen LogP contribution in [0.4, 0.5) is 16.2 Å². The highest BCUT2D eigenvalue weighted by Gasteiger charge is 2.19. The van der Waals surface area contributed by atoms with Crippen molar-refractivity contribution in [2.24, 2.45) is 7.05 Å². The van der Waals surface area contributed by atoms with E-state index in [2.05, 4.69) is 30.7 Å². The third-order valence-electron chi connectivity index (χ3n) is 5.51. The molecule has 0 unspecified atom stereocenters. The molecule has 2 N–H and O–H groups in total. The maximum atomic E-state index is 14.2.